The van der Waals surface area contributed by atoms with Crippen molar-refractivity contribution in [3.05, 3.63) is 21.9 Å². The second-order valence-corrected chi connectivity index (χ2v) is 5.36. The molecule has 0 atom stereocenters. The molecule has 0 bridgehead atoms. The van der Waals surface area contributed by atoms with E-state index in [0.717, 1.165) is 12.8 Å². The van der Waals surface area contributed by atoms with Crippen molar-refractivity contribution in [1.82, 2.24) is 20.4 Å². The van der Waals surface area contributed by atoms with E-state index in [1.807, 2.05) is 0 Å². The van der Waals surface area contributed by atoms with Gasteiger partial charge in [-0.1, -0.05) is 19.3 Å². The highest BCUT2D eigenvalue weighted by molar-refractivity contribution is 5.74. The minimum Gasteiger partial charge on any atom is -0.358 e. The predicted octanol–water partition coefficient (Wildman–Crippen LogP) is 1.73. The van der Waals surface area contributed by atoms with Gasteiger partial charge < -0.3 is 20.7 Å². The first-order valence-corrected chi connectivity index (χ1v) is 7.29. The van der Waals surface area contributed by atoms with E-state index in [9.17, 15) is 14.9 Å². The highest BCUT2D eigenvalue weighted by Gasteiger charge is 2.17. The second-order valence-electron chi connectivity index (χ2n) is 5.36. The van der Waals surface area contributed by atoms with Crippen molar-refractivity contribution in [3.8, 4) is 0 Å². The third-order valence-corrected chi connectivity index (χ3v) is 3.70. The average molecular weight is 295 g/mol. The SMILES string of the molecule is Cc1cc([N+](=O)[O-])nn1CCNC(=O)NC1CCCCC1. The van der Waals surface area contributed by atoms with E-state index >= 15 is 0 Å². The van der Waals surface area contributed by atoms with Gasteiger partial charge in [-0.3, -0.25) is 0 Å². The maximum atomic E-state index is 11.7. The van der Waals surface area contributed by atoms with Crippen molar-refractivity contribution in [1.29, 1.82) is 0 Å². The van der Waals surface area contributed by atoms with Gasteiger partial charge in [0.05, 0.1) is 23.4 Å². The lowest BCUT2D eigenvalue weighted by atomic mass is 9.96. The van der Waals surface area contributed by atoms with E-state index in [1.54, 1.807) is 6.92 Å². The van der Waals surface area contributed by atoms with E-state index < -0.39 is 4.92 Å². The van der Waals surface area contributed by atoms with Crippen LogP contribution in [0.1, 0.15) is 37.8 Å². The van der Waals surface area contributed by atoms with Crippen molar-refractivity contribution >= 4 is 11.8 Å². The van der Waals surface area contributed by atoms with E-state index in [4.69, 9.17) is 0 Å². The molecule has 1 aliphatic carbocycles. The van der Waals surface area contributed by atoms with Crippen LogP contribution in [-0.4, -0.2) is 33.3 Å². The topological polar surface area (TPSA) is 102 Å². The molecule has 1 aromatic heterocycles. The van der Waals surface area contributed by atoms with Crippen LogP contribution >= 0.6 is 0 Å². The molecule has 0 aromatic carbocycles. The summed E-state index contributed by atoms with van der Waals surface area (Å²) in [5.74, 6) is -0.167. The third kappa shape index (κ3) is 4.44. The van der Waals surface area contributed by atoms with E-state index in [2.05, 4.69) is 15.7 Å². The summed E-state index contributed by atoms with van der Waals surface area (Å²) in [4.78, 5) is 21.8. The summed E-state index contributed by atoms with van der Waals surface area (Å²) in [5, 5.41) is 20.2. The maximum Gasteiger partial charge on any atom is 0.390 e. The van der Waals surface area contributed by atoms with Gasteiger partial charge in [-0.05, 0) is 24.7 Å². The molecule has 8 nitrogen and oxygen atoms in total. The van der Waals surface area contributed by atoms with E-state index in [1.165, 1.54) is 30.0 Å². The number of amides is 2. The van der Waals surface area contributed by atoms with Crippen LogP contribution in [0, 0.1) is 17.0 Å². The molecule has 0 aliphatic heterocycles. The third-order valence-electron chi connectivity index (χ3n) is 3.70. The summed E-state index contributed by atoms with van der Waals surface area (Å²) in [6.07, 6.45) is 5.66. The lowest BCUT2D eigenvalue weighted by Crippen LogP contribution is -2.43. The molecule has 1 aliphatic rings. The molecule has 0 spiro atoms. The number of nitrogens with zero attached hydrogens (tertiary/aromatic N) is 3. The fraction of sp³-hybridized carbons (Fsp3) is 0.692. The number of rotatable bonds is 5. The first-order chi connectivity index (χ1) is 10.1. The molecule has 2 N–H and O–H groups in total. The van der Waals surface area contributed by atoms with Crippen molar-refractivity contribution in [2.45, 2.75) is 51.6 Å². The molecule has 1 aromatic rings. The Bertz CT molecular complexity index is 508. The van der Waals surface area contributed by atoms with Gasteiger partial charge >= 0.3 is 11.8 Å². The number of hydrogen-bond acceptors (Lipinski definition) is 4. The number of carbonyl (C=O) groups excluding carboxylic acids is 1. The van der Waals surface area contributed by atoms with Gasteiger partial charge in [0.2, 0.25) is 0 Å². The van der Waals surface area contributed by atoms with Crippen molar-refractivity contribution in [2.75, 3.05) is 6.54 Å². The molecule has 1 heterocycles. The number of carbonyl (C=O) groups is 1. The van der Waals surface area contributed by atoms with Crippen molar-refractivity contribution in [3.63, 3.8) is 0 Å². The van der Waals surface area contributed by atoms with Gasteiger partial charge in [0, 0.05) is 12.6 Å². The van der Waals surface area contributed by atoms with Crippen LogP contribution in [0.2, 0.25) is 0 Å². The fourth-order valence-corrected chi connectivity index (χ4v) is 2.57. The summed E-state index contributed by atoms with van der Waals surface area (Å²) < 4.78 is 1.53. The molecule has 0 radical (unpaired) electrons. The quantitative estimate of drug-likeness (QED) is 0.638. The van der Waals surface area contributed by atoms with Crippen molar-refractivity contribution in [2.24, 2.45) is 0 Å². The van der Waals surface area contributed by atoms with Crippen LogP contribution < -0.4 is 10.6 Å². The van der Waals surface area contributed by atoms with Gasteiger partial charge in [-0.15, -0.1) is 0 Å². The number of hydrogen-bond donors (Lipinski definition) is 2. The minimum atomic E-state index is -0.521. The Hall–Kier alpha value is -2.12. The largest absolute Gasteiger partial charge is 0.390 e. The fourth-order valence-electron chi connectivity index (χ4n) is 2.57. The van der Waals surface area contributed by atoms with Crippen LogP contribution in [0.25, 0.3) is 0 Å². The minimum absolute atomic E-state index is 0.167. The Morgan fingerprint density at radius 2 is 2.19 bits per heavy atom. The number of aryl methyl sites for hydroxylation is 1. The molecule has 1 saturated carbocycles. The molecule has 0 unspecified atom stereocenters. The molecular formula is C13H21N5O3. The van der Waals surface area contributed by atoms with Gasteiger partial charge in [0.25, 0.3) is 0 Å². The van der Waals surface area contributed by atoms with Gasteiger partial charge in [0.1, 0.15) is 0 Å². The summed E-state index contributed by atoms with van der Waals surface area (Å²) in [6.45, 7) is 2.55. The molecule has 21 heavy (non-hydrogen) atoms. The first-order valence-electron chi connectivity index (χ1n) is 7.29. The Morgan fingerprint density at radius 1 is 1.48 bits per heavy atom. The molecule has 0 saturated heterocycles. The molecular weight excluding hydrogens is 274 g/mol. The summed E-state index contributed by atoms with van der Waals surface area (Å²) in [7, 11) is 0. The van der Waals surface area contributed by atoms with Crippen LogP contribution in [0.4, 0.5) is 10.6 Å². The Labute approximate surface area is 123 Å². The van der Waals surface area contributed by atoms with E-state index in [-0.39, 0.29) is 17.9 Å². The predicted molar refractivity (Wildman–Crippen MR) is 77.0 cm³/mol. The smallest absolute Gasteiger partial charge is 0.358 e. The monoisotopic (exact) mass is 295 g/mol. The Kier molecular flexibility index (Phi) is 5.13. The average Bonchev–Trinajstić information content (AvgIpc) is 2.82. The van der Waals surface area contributed by atoms with Crippen molar-refractivity contribution < 1.29 is 9.72 Å². The van der Waals surface area contributed by atoms with Crippen LogP contribution in [0.5, 0.6) is 0 Å². The zero-order chi connectivity index (χ0) is 15.2. The molecule has 8 heteroatoms. The normalized spacial score (nSPS) is 15.7. The number of aromatic nitrogens is 2. The summed E-state index contributed by atoms with van der Waals surface area (Å²) in [6, 6.07) is 1.51. The number of nitro groups is 1. The molecule has 116 valence electrons. The number of nitrogens with one attached hydrogen (secondary N) is 2. The zero-order valence-corrected chi connectivity index (χ0v) is 12.2. The van der Waals surface area contributed by atoms with Crippen LogP contribution in [0.15, 0.2) is 6.07 Å². The van der Waals surface area contributed by atoms with Gasteiger partial charge in [-0.2, -0.15) is 4.68 Å². The molecule has 2 amide bonds. The van der Waals surface area contributed by atoms with E-state index in [0.29, 0.717) is 18.8 Å². The molecule has 1 fully saturated rings. The Morgan fingerprint density at radius 3 is 2.81 bits per heavy atom. The maximum absolute atomic E-state index is 11.7. The number of urea groups is 1. The zero-order valence-electron chi connectivity index (χ0n) is 12.2. The highest BCUT2D eigenvalue weighted by atomic mass is 16.6. The molecule has 2 rings (SSSR count). The second kappa shape index (κ2) is 7.05. The Balaban J connectivity index is 1.73. The lowest BCUT2D eigenvalue weighted by molar-refractivity contribution is -0.389. The first kappa shape index (κ1) is 15.3. The summed E-state index contributed by atoms with van der Waals surface area (Å²) in [5.41, 5.74) is 0.705. The van der Waals surface area contributed by atoms with Gasteiger partial charge in [0.15, 0.2) is 0 Å². The van der Waals surface area contributed by atoms with Crippen LogP contribution in [-0.2, 0) is 6.54 Å². The van der Waals surface area contributed by atoms with Crippen LogP contribution in [0.3, 0.4) is 0 Å². The standard InChI is InChI=1S/C13H21N5O3/c1-10-9-12(18(20)21)16-17(10)8-7-14-13(19)15-11-5-3-2-4-6-11/h9,11H,2-8H2,1H3,(H2,14,15,19). The highest BCUT2D eigenvalue weighted by Crippen LogP contribution is 2.17. The van der Waals surface area contributed by atoms with Gasteiger partial charge in [-0.25, -0.2) is 4.79 Å². The summed E-state index contributed by atoms with van der Waals surface area (Å²) >= 11 is 0. The lowest BCUT2D eigenvalue weighted by Gasteiger charge is -2.22.